The van der Waals surface area contributed by atoms with Crippen LogP contribution >= 0.6 is 11.8 Å². The molecule has 1 aliphatic rings. The van der Waals surface area contributed by atoms with Crippen LogP contribution in [0.4, 0.5) is 5.69 Å². The Balaban J connectivity index is 2.30. The van der Waals surface area contributed by atoms with Crippen LogP contribution in [0.15, 0.2) is 29.2 Å². The van der Waals surface area contributed by atoms with Crippen molar-refractivity contribution in [1.82, 2.24) is 0 Å². The molecule has 118 valence electrons. The van der Waals surface area contributed by atoms with Gasteiger partial charge in [0, 0.05) is 11.9 Å². The molecule has 0 bridgehead atoms. The van der Waals surface area contributed by atoms with Crippen molar-refractivity contribution in [3.8, 4) is 0 Å². The van der Waals surface area contributed by atoms with E-state index in [4.69, 9.17) is 0 Å². The molecule has 0 amide bonds. The Morgan fingerprint density at radius 2 is 1.81 bits per heavy atom. The summed E-state index contributed by atoms with van der Waals surface area (Å²) in [7, 11) is 2.32. The lowest BCUT2D eigenvalue weighted by Crippen LogP contribution is -2.47. The molecule has 2 unspecified atom stereocenters. The van der Waals surface area contributed by atoms with E-state index in [0.29, 0.717) is 0 Å². The Morgan fingerprint density at radius 3 is 2.43 bits per heavy atom. The van der Waals surface area contributed by atoms with Crippen LogP contribution in [-0.4, -0.2) is 11.9 Å². The summed E-state index contributed by atoms with van der Waals surface area (Å²) in [6.45, 7) is 7.00. The van der Waals surface area contributed by atoms with Crippen LogP contribution in [0.25, 0.3) is 0 Å². The van der Waals surface area contributed by atoms with Gasteiger partial charge in [-0.3, -0.25) is 0 Å². The zero-order valence-electron chi connectivity index (χ0n) is 14.2. The zero-order valence-corrected chi connectivity index (χ0v) is 15.0. The monoisotopic (exact) mass is 305 g/mol. The van der Waals surface area contributed by atoms with Crippen LogP contribution < -0.4 is 4.90 Å². The second-order valence-electron chi connectivity index (χ2n) is 6.32. The molecule has 1 aromatic rings. The van der Waals surface area contributed by atoms with Crippen molar-refractivity contribution < 1.29 is 0 Å². The molecule has 1 heterocycles. The third-order valence-electron chi connectivity index (χ3n) is 5.01. The first-order valence-electron chi connectivity index (χ1n) is 8.71. The maximum Gasteiger partial charge on any atom is 0.0932 e. The van der Waals surface area contributed by atoms with Crippen LogP contribution in [-0.2, 0) is 0 Å². The highest BCUT2D eigenvalue weighted by Gasteiger charge is 2.46. The van der Waals surface area contributed by atoms with Crippen LogP contribution in [0.1, 0.15) is 65.7 Å². The molecule has 2 heteroatoms. The number of para-hydroxylation sites is 1. The van der Waals surface area contributed by atoms with Gasteiger partial charge in [-0.15, -0.1) is 0 Å². The van der Waals surface area contributed by atoms with Crippen molar-refractivity contribution in [1.29, 1.82) is 0 Å². The fourth-order valence-corrected chi connectivity index (χ4v) is 5.46. The number of hydrogen-bond donors (Lipinski definition) is 0. The predicted octanol–water partition coefficient (Wildman–Crippen LogP) is 6.33. The Bertz CT molecular complexity index is 445. The van der Waals surface area contributed by atoms with E-state index >= 15 is 0 Å². The average molecular weight is 306 g/mol. The molecular formula is C19H31NS. The van der Waals surface area contributed by atoms with Gasteiger partial charge in [-0.25, -0.2) is 0 Å². The normalized spacial score (nSPS) is 22.4. The fourth-order valence-electron chi connectivity index (χ4n) is 3.69. The van der Waals surface area contributed by atoms with Gasteiger partial charge >= 0.3 is 0 Å². The molecular weight excluding hydrogens is 274 g/mol. The SMILES string of the molecule is CCCCC(CC)C1(CCCC)Sc2ccccc2N1C. The van der Waals surface area contributed by atoms with Crippen molar-refractivity contribution >= 4 is 17.4 Å². The van der Waals surface area contributed by atoms with Gasteiger partial charge in [0.25, 0.3) is 0 Å². The highest BCUT2D eigenvalue weighted by Crippen LogP contribution is 2.56. The molecule has 2 atom stereocenters. The number of benzene rings is 1. The van der Waals surface area contributed by atoms with Gasteiger partial charge in [-0.2, -0.15) is 0 Å². The quantitative estimate of drug-likeness (QED) is 0.552. The second kappa shape index (κ2) is 7.58. The number of hydrogen-bond acceptors (Lipinski definition) is 2. The summed E-state index contributed by atoms with van der Waals surface area (Å²) < 4.78 is 0. The molecule has 0 N–H and O–H groups in total. The summed E-state index contributed by atoms with van der Waals surface area (Å²) in [6, 6.07) is 8.96. The molecule has 0 saturated heterocycles. The minimum Gasteiger partial charge on any atom is -0.358 e. The van der Waals surface area contributed by atoms with Gasteiger partial charge in [0.05, 0.1) is 10.6 Å². The van der Waals surface area contributed by atoms with Crippen LogP contribution in [0.2, 0.25) is 0 Å². The molecule has 21 heavy (non-hydrogen) atoms. The molecule has 0 saturated carbocycles. The van der Waals surface area contributed by atoms with E-state index in [1.165, 1.54) is 55.5 Å². The molecule has 0 aliphatic carbocycles. The van der Waals surface area contributed by atoms with E-state index in [0.717, 1.165) is 5.92 Å². The first kappa shape index (κ1) is 16.7. The summed E-state index contributed by atoms with van der Waals surface area (Å²) in [5, 5.41) is 0. The van der Waals surface area contributed by atoms with Gasteiger partial charge in [-0.1, -0.05) is 76.8 Å². The summed E-state index contributed by atoms with van der Waals surface area (Å²) in [5.41, 5.74) is 1.44. The smallest absolute Gasteiger partial charge is 0.0932 e. The maximum atomic E-state index is 2.60. The topological polar surface area (TPSA) is 3.24 Å². The number of thioether (sulfide) groups is 1. The molecule has 0 radical (unpaired) electrons. The molecule has 2 rings (SSSR count). The lowest BCUT2D eigenvalue weighted by atomic mass is 9.86. The van der Waals surface area contributed by atoms with Crippen molar-refractivity contribution in [3.63, 3.8) is 0 Å². The Labute approximate surface area is 135 Å². The summed E-state index contributed by atoms with van der Waals surface area (Å²) in [6.07, 6.45) is 9.24. The maximum absolute atomic E-state index is 2.60. The summed E-state index contributed by atoms with van der Waals surface area (Å²) in [4.78, 5) is 4.36. The number of unbranched alkanes of at least 4 members (excludes halogenated alkanes) is 2. The lowest BCUT2D eigenvalue weighted by Gasteiger charge is -2.43. The van der Waals surface area contributed by atoms with E-state index in [1.807, 2.05) is 0 Å². The molecule has 0 aromatic heterocycles. The van der Waals surface area contributed by atoms with Gasteiger partial charge in [-0.05, 0) is 30.9 Å². The van der Waals surface area contributed by atoms with E-state index in [2.05, 4.69) is 68.7 Å². The van der Waals surface area contributed by atoms with Crippen LogP contribution in [0.5, 0.6) is 0 Å². The lowest BCUT2D eigenvalue weighted by molar-refractivity contribution is 0.312. The fraction of sp³-hybridized carbons (Fsp3) is 0.684. The largest absolute Gasteiger partial charge is 0.358 e. The summed E-state index contributed by atoms with van der Waals surface area (Å²) >= 11 is 2.14. The Hall–Kier alpha value is -0.630. The van der Waals surface area contributed by atoms with Crippen molar-refractivity contribution in [3.05, 3.63) is 24.3 Å². The van der Waals surface area contributed by atoms with Gasteiger partial charge in [0.1, 0.15) is 0 Å². The molecule has 1 nitrogen and oxygen atoms in total. The molecule has 1 aliphatic heterocycles. The first-order valence-corrected chi connectivity index (χ1v) is 9.53. The second-order valence-corrected chi connectivity index (χ2v) is 7.68. The third-order valence-corrected chi connectivity index (χ3v) is 6.74. The number of anilines is 1. The molecule has 0 fully saturated rings. The minimum atomic E-state index is 0.281. The van der Waals surface area contributed by atoms with E-state index in [1.54, 1.807) is 0 Å². The third kappa shape index (κ3) is 3.26. The van der Waals surface area contributed by atoms with Crippen molar-refractivity contribution in [2.45, 2.75) is 75.5 Å². The number of rotatable bonds is 8. The van der Waals surface area contributed by atoms with E-state index < -0.39 is 0 Å². The highest BCUT2D eigenvalue weighted by molar-refractivity contribution is 8.01. The van der Waals surface area contributed by atoms with Gasteiger partial charge in [0.2, 0.25) is 0 Å². The summed E-state index contributed by atoms with van der Waals surface area (Å²) in [5.74, 6) is 0.784. The standard InChI is InChI=1S/C19H31NS/c1-5-8-12-16(7-3)19(15-9-6-2)20(4)17-13-10-11-14-18(17)21-19/h10-11,13-14,16H,5-9,12,15H2,1-4H3. The first-order chi connectivity index (χ1) is 10.2. The Morgan fingerprint density at radius 1 is 1.10 bits per heavy atom. The average Bonchev–Trinajstić information content (AvgIpc) is 2.80. The van der Waals surface area contributed by atoms with Crippen LogP contribution in [0, 0.1) is 5.92 Å². The van der Waals surface area contributed by atoms with Crippen LogP contribution in [0.3, 0.4) is 0 Å². The van der Waals surface area contributed by atoms with E-state index in [9.17, 15) is 0 Å². The van der Waals surface area contributed by atoms with Gasteiger partial charge in [0.15, 0.2) is 0 Å². The highest BCUT2D eigenvalue weighted by atomic mass is 32.2. The number of fused-ring (bicyclic) bond motifs is 1. The van der Waals surface area contributed by atoms with E-state index in [-0.39, 0.29) is 4.87 Å². The molecule has 1 aromatic carbocycles. The predicted molar refractivity (Wildman–Crippen MR) is 96.3 cm³/mol. The Kier molecular flexibility index (Phi) is 6.04. The zero-order chi connectivity index (χ0) is 15.3. The molecule has 0 spiro atoms. The van der Waals surface area contributed by atoms with Crippen molar-refractivity contribution in [2.75, 3.05) is 11.9 Å². The van der Waals surface area contributed by atoms with Gasteiger partial charge < -0.3 is 4.90 Å². The minimum absolute atomic E-state index is 0.281. The van der Waals surface area contributed by atoms with Crippen molar-refractivity contribution in [2.24, 2.45) is 5.92 Å². The number of nitrogens with zero attached hydrogens (tertiary/aromatic N) is 1.